The van der Waals surface area contributed by atoms with Crippen LogP contribution in [0.4, 0.5) is 0 Å². The Hall–Kier alpha value is -0.530. The molecule has 0 spiro atoms. The van der Waals surface area contributed by atoms with Gasteiger partial charge in [0, 0.05) is 31.8 Å². The van der Waals surface area contributed by atoms with Gasteiger partial charge in [0.25, 0.3) is 0 Å². The second-order valence-electron chi connectivity index (χ2n) is 5.36. The summed E-state index contributed by atoms with van der Waals surface area (Å²) in [5.74, 6) is 0.839. The van der Waals surface area contributed by atoms with Crippen molar-refractivity contribution in [2.45, 2.75) is 37.8 Å². The summed E-state index contributed by atoms with van der Waals surface area (Å²) in [6.45, 7) is 0.656. The molecule has 2 rings (SSSR count). The molecular weight excluding hydrogens is 413 g/mol. The first-order valence-corrected chi connectivity index (χ1v) is 7.86. The first-order chi connectivity index (χ1) is 10.2. The molecule has 1 atom stereocenters. The minimum absolute atomic E-state index is 0. The fourth-order valence-electron chi connectivity index (χ4n) is 2.69. The van der Waals surface area contributed by atoms with E-state index in [2.05, 4.69) is 15.6 Å². The number of ether oxygens (including phenoxy) is 1. The summed E-state index contributed by atoms with van der Waals surface area (Å²) in [6, 6.07) is 8.31. The van der Waals surface area contributed by atoms with Crippen molar-refractivity contribution in [1.82, 2.24) is 10.6 Å². The lowest BCUT2D eigenvalue weighted by Gasteiger charge is -2.21. The van der Waals surface area contributed by atoms with Gasteiger partial charge in [-0.25, -0.2) is 0 Å². The van der Waals surface area contributed by atoms with E-state index in [0.717, 1.165) is 16.5 Å². The van der Waals surface area contributed by atoms with Gasteiger partial charge in [-0.1, -0.05) is 36.6 Å². The maximum Gasteiger partial charge on any atom is 0.191 e. The third-order valence-electron chi connectivity index (χ3n) is 3.88. The van der Waals surface area contributed by atoms with Gasteiger partial charge in [0.15, 0.2) is 5.96 Å². The molecule has 4 nitrogen and oxygen atoms in total. The number of rotatable bonds is 5. The molecule has 0 amide bonds. The SMILES string of the molecule is CN=C(NCC(OC)c1cccc(Cl)c1)NC1CCCC1.I. The van der Waals surface area contributed by atoms with E-state index < -0.39 is 0 Å². The van der Waals surface area contributed by atoms with Crippen LogP contribution < -0.4 is 10.6 Å². The lowest BCUT2D eigenvalue weighted by molar-refractivity contribution is 0.106. The third kappa shape index (κ3) is 5.93. The molecular formula is C16H25ClIN3O. The van der Waals surface area contributed by atoms with Crippen molar-refractivity contribution in [3.8, 4) is 0 Å². The molecule has 124 valence electrons. The third-order valence-corrected chi connectivity index (χ3v) is 4.11. The number of halogens is 2. The quantitative estimate of drug-likeness (QED) is 0.419. The van der Waals surface area contributed by atoms with Crippen LogP contribution in [0, 0.1) is 0 Å². The van der Waals surface area contributed by atoms with E-state index in [1.165, 1.54) is 25.7 Å². The van der Waals surface area contributed by atoms with Crippen LogP contribution >= 0.6 is 35.6 Å². The number of guanidine groups is 1. The van der Waals surface area contributed by atoms with Crippen molar-refractivity contribution in [2.24, 2.45) is 4.99 Å². The molecule has 1 aliphatic rings. The normalized spacial score (nSPS) is 17.0. The zero-order chi connectivity index (χ0) is 15.1. The molecule has 0 radical (unpaired) electrons. The van der Waals surface area contributed by atoms with E-state index in [0.29, 0.717) is 12.6 Å². The van der Waals surface area contributed by atoms with Crippen LogP contribution in [0.1, 0.15) is 37.4 Å². The first-order valence-electron chi connectivity index (χ1n) is 7.48. The van der Waals surface area contributed by atoms with Crippen LogP contribution in [0.3, 0.4) is 0 Å². The number of nitrogens with zero attached hydrogens (tertiary/aromatic N) is 1. The second kappa shape index (κ2) is 10.3. The van der Waals surface area contributed by atoms with Gasteiger partial charge in [-0.05, 0) is 30.5 Å². The van der Waals surface area contributed by atoms with Crippen molar-refractivity contribution in [2.75, 3.05) is 20.7 Å². The van der Waals surface area contributed by atoms with E-state index in [1.807, 2.05) is 24.3 Å². The summed E-state index contributed by atoms with van der Waals surface area (Å²) < 4.78 is 5.55. The molecule has 22 heavy (non-hydrogen) atoms. The minimum atomic E-state index is -0.0502. The standard InChI is InChI=1S/C16H24ClN3O.HI/c1-18-16(20-14-8-3-4-9-14)19-11-15(21-2)12-6-5-7-13(17)10-12;/h5-7,10,14-15H,3-4,8-9,11H2,1-2H3,(H2,18,19,20);1H. The fourth-order valence-corrected chi connectivity index (χ4v) is 2.89. The Morgan fingerprint density at radius 1 is 1.41 bits per heavy atom. The molecule has 0 saturated heterocycles. The van der Waals surface area contributed by atoms with Crippen molar-refractivity contribution in [1.29, 1.82) is 0 Å². The maximum absolute atomic E-state index is 6.04. The first kappa shape index (κ1) is 19.5. The Morgan fingerprint density at radius 2 is 2.14 bits per heavy atom. The highest BCUT2D eigenvalue weighted by Crippen LogP contribution is 2.20. The highest BCUT2D eigenvalue weighted by atomic mass is 127. The average Bonchev–Trinajstić information content (AvgIpc) is 2.99. The van der Waals surface area contributed by atoms with Crippen molar-refractivity contribution in [3.05, 3.63) is 34.9 Å². The maximum atomic E-state index is 6.04. The van der Waals surface area contributed by atoms with Crippen LogP contribution in [0.25, 0.3) is 0 Å². The molecule has 6 heteroatoms. The number of methoxy groups -OCH3 is 1. The molecule has 0 aromatic heterocycles. The van der Waals surface area contributed by atoms with Gasteiger partial charge < -0.3 is 15.4 Å². The predicted octanol–water partition coefficient (Wildman–Crippen LogP) is 3.75. The molecule has 1 saturated carbocycles. The monoisotopic (exact) mass is 437 g/mol. The highest BCUT2D eigenvalue weighted by Gasteiger charge is 2.17. The Balaban J connectivity index is 0.00000242. The summed E-state index contributed by atoms with van der Waals surface area (Å²) in [5.41, 5.74) is 1.06. The van der Waals surface area contributed by atoms with Crippen molar-refractivity contribution >= 4 is 41.5 Å². The zero-order valence-corrected chi connectivity index (χ0v) is 16.2. The van der Waals surface area contributed by atoms with Gasteiger partial charge >= 0.3 is 0 Å². The van der Waals surface area contributed by atoms with Gasteiger partial charge in [0.05, 0.1) is 6.10 Å². The summed E-state index contributed by atoms with van der Waals surface area (Å²) in [4.78, 5) is 4.28. The van der Waals surface area contributed by atoms with Crippen LogP contribution in [-0.2, 0) is 4.74 Å². The van der Waals surface area contributed by atoms with E-state index >= 15 is 0 Å². The second-order valence-corrected chi connectivity index (χ2v) is 5.79. The molecule has 1 aromatic carbocycles. The van der Waals surface area contributed by atoms with Crippen molar-refractivity contribution in [3.63, 3.8) is 0 Å². The van der Waals surface area contributed by atoms with E-state index in [1.54, 1.807) is 14.2 Å². The summed E-state index contributed by atoms with van der Waals surface area (Å²) in [7, 11) is 3.51. The van der Waals surface area contributed by atoms with Crippen molar-refractivity contribution < 1.29 is 4.74 Å². The largest absolute Gasteiger partial charge is 0.375 e. The van der Waals surface area contributed by atoms with Gasteiger partial charge in [0.1, 0.15) is 0 Å². The number of benzene rings is 1. The Kier molecular flexibility index (Phi) is 9.12. The molecule has 1 aromatic rings. The fraction of sp³-hybridized carbons (Fsp3) is 0.562. The molecule has 0 bridgehead atoms. The number of hydrogen-bond donors (Lipinski definition) is 2. The molecule has 1 fully saturated rings. The topological polar surface area (TPSA) is 45.7 Å². The van der Waals surface area contributed by atoms with Crippen LogP contribution in [0.2, 0.25) is 5.02 Å². The molecule has 0 aliphatic heterocycles. The number of aliphatic imine (C=N–C) groups is 1. The summed E-state index contributed by atoms with van der Waals surface area (Å²) in [6.07, 6.45) is 5.01. The molecule has 1 unspecified atom stereocenters. The lowest BCUT2D eigenvalue weighted by atomic mass is 10.1. The predicted molar refractivity (Wildman–Crippen MR) is 103 cm³/mol. The van der Waals surface area contributed by atoms with Crippen LogP contribution in [0.15, 0.2) is 29.3 Å². The van der Waals surface area contributed by atoms with E-state index in [4.69, 9.17) is 16.3 Å². The van der Waals surface area contributed by atoms with Gasteiger partial charge in [-0.2, -0.15) is 0 Å². The number of hydrogen-bond acceptors (Lipinski definition) is 2. The zero-order valence-electron chi connectivity index (χ0n) is 13.1. The highest BCUT2D eigenvalue weighted by molar-refractivity contribution is 14.0. The molecule has 1 aliphatic carbocycles. The Labute approximate surface area is 155 Å². The van der Waals surface area contributed by atoms with Gasteiger partial charge in [0.2, 0.25) is 0 Å². The average molecular weight is 438 g/mol. The minimum Gasteiger partial charge on any atom is -0.375 e. The summed E-state index contributed by atoms with van der Waals surface area (Å²) >= 11 is 6.04. The lowest BCUT2D eigenvalue weighted by Crippen LogP contribution is -2.43. The van der Waals surface area contributed by atoms with E-state index in [-0.39, 0.29) is 30.1 Å². The van der Waals surface area contributed by atoms with Crippen LogP contribution in [0.5, 0.6) is 0 Å². The van der Waals surface area contributed by atoms with Gasteiger partial charge in [-0.15, -0.1) is 24.0 Å². The smallest absolute Gasteiger partial charge is 0.191 e. The Morgan fingerprint density at radius 3 is 2.73 bits per heavy atom. The van der Waals surface area contributed by atoms with Gasteiger partial charge in [-0.3, -0.25) is 4.99 Å². The molecule has 0 heterocycles. The number of nitrogens with one attached hydrogen (secondary N) is 2. The Bertz CT molecular complexity index is 478. The summed E-state index contributed by atoms with van der Waals surface area (Å²) in [5, 5.41) is 7.53. The van der Waals surface area contributed by atoms with E-state index in [9.17, 15) is 0 Å². The van der Waals surface area contributed by atoms with Crippen LogP contribution in [-0.4, -0.2) is 32.7 Å². The molecule has 2 N–H and O–H groups in total.